The minimum atomic E-state index is -0.310. The van der Waals surface area contributed by atoms with Crippen molar-refractivity contribution in [2.24, 2.45) is 0 Å². The Hall–Kier alpha value is -2.61. The molecular weight excluding hydrogens is 568 g/mol. The third kappa shape index (κ3) is 3.41. The van der Waals surface area contributed by atoms with Crippen LogP contribution in [-0.4, -0.2) is 21.8 Å². The van der Waals surface area contributed by atoms with Crippen LogP contribution in [0.2, 0.25) is 5.02 Å². The van der Waals surface area contributed by atoms with Gasteiger partial charge < -0.3 is 9.64 Å². The van der Waals surface area contributed by atoms with Crippen molar-refractivity contribution in [3.8, 4) is 5.75 Å². The molecule has 0 spiro atoms. The fourth-order valence-corrected chi connectivity index (χ4v) is 5.36. The van der Waals surface area contributed by atoms with Crippen molar-refractivity contribution in [1.29, 1.82) is 0 Å². The van der Waals surface area contributed by atoms with E-state index in [2.05, 4.69) is 71.1 Å². The molecule has 33 heavy (non-hydrogen) atoms. The number of halogens is 3. The molecule has 0 saturated heterocycles. The van der Waals surface area contributed by atoms with E-state index in [9.17, 15) is 0 Å². The van der Waals surface area contributed by atoms with Crippen LogP contribution in [0.1, 0.15) is 28.8 Å². The zero-order valence-electron chi connectivity index (χ0n) is 17.4. The normalized spacial score (nSPS) is 19.0. The fraction of sp³-hybridized carbons (Fsp3) is 0.120. The number of nitrogens with zero attached hydrogens (tertiary/aromatic N) is 4. The van der Waals surface area contributed by atoms with Crippen molar-refractivity contribution in [1.82, 2.24) is 14.8 Å². The van der Waals surface area contributed by atoms with Crippen molar-refractivity contribution in [2.75, 3.05) is 11.9 Å². The van der Waals surface area contributed by atoms with Gasteiger partial charge in [0.2, 0.25) is 5.95 Å². The number of hydrogen-bond acceptors (Lipinski definition) is 4. The van der Waals surface area contributed by atoms with E-state index in [0.29, 0.717) is 5.02 Å². The monoisotopic (exact) mass is 582 g/mol. The minimum absolute atomic E-state index is 0.192. The highest BCUT2D eigenvalue weighted by Crippen LogP contribution is 2.52. The molecule has 0 N–H and O–H groups in total. The summed E-state index contributed by atoms with van der Waals surface area (Å²) in [7, 11) is 2.02. The first-order valence-corrected chi connectivity index (χ1v) is 12.3. The average molecular weight is 585 g/mol. The summed E-state index contributed by atoms with van der Waals surface area (Å²) < 4.78 is 10.7. The highest BCUT2D eigenvalue weighted by atomic mass is 79.9. The SMILES string of the molecule is CN1C2=C(C(c3ccc(Br)cc3)Oc3ccc(Cl)cc32)C(c2ccc(Br)cc2)n2ncnc21. The van der Waals surface area contributed by atoms with E-state index in [1.807, 2.05) is 54.2 Å². The van der Waals surface area contributed by atoms with Crippen LogP contribution in [0, 0.1) is 0 Å². The summed E-state index contributed by atoms with van der Waals surface area (Å²) in [5.74, 6) is 1.56. The summed E-state index contributed by atoms with van der Waals surface area (Å²) in [5, 5.41) is 5.28. The molecule has 2 unspecified atom stereocenters. The molecule has 0 fully saturated rings. The molecule has 3 heterocycles. The molecule has 164 valence electrons. The second-order valence-corrected chi connectivity index (χ2v) is 10.3. The van der Waals surface area contributed by atoms with Gasteiger partial charge in [0.25, 0.3) is 0 Å². The number of fused-ring (bicyclic) bond motifs is 3. The maximum Gasteiger partial charge on any atom is 0.229 e. The molecule has 6 rings (SSSR count). The molecule has 4 aromatic rings. The van der Waals surface area contributed by atoms with Crippen LogP contribution < -0.4 is 9.64 Å². The molecule has 5 nitrogen and oxygen atoms in total. The van der Waals surface area contributed by atoms with E-state index >= 15 is 0 Å². The Balaban J connectivity index is 1.66. The number of rotatable bonds is 2. The van der Waals surface area contributed by atoms with Crippen LogP contribution in [0.25, 0.3) is 5.70 Å². The van der Waals surface area contributed by atoms with Gasteiger partial charge in [0, 0.05) is 32.2 Å². The fourth-order valence-electron chi connectivity index (χ4n) is 4.66. The molecule has 3 aromatic carbocycles. The lowest BCUT2D eigenvalue weighted by Crippen LogP contribution is -2.37. The first kappa shape index (κ1) is 21.0. The molecular formula is C25H17Br2ClN4O. The van der Waals surface area contributed by atoms with Gasteiger partial charge in [-0.3, -0.25) is 0 Å². The number of ether oxygens (including phenoxy) is 1. The topological polar surface area (TPSA) is 43.2 Å². The molecule has 0 saturated carbocycles. The molecule has 1 aromatic heterocycles. The maximum atomic E-state index is 6.67. The molecule has 2 aliphatic rings. The lowest BCUT2D eigenvalue weighted by Gasteiger charge is -2.42. The third-order valence-corrected chi connectivity index (χ3v) is 7.38. The highest BCUT2D eigenvalue weighted by Gasteiger charge is 2.43. The largest absolute Gasteiger partial charge is 0.480 e. The second kappa shape index (κ2) is 8.01. The van der Waals surface area contributed by atoms with Crippen molar-refractivity contribution < 1.29 is 4.74 Å². The standard InChI is InChI=1S/C25H17Br2ClN4O/c1-31-23-19-12-18(28)10-11-20(19)33-24(15-4-8-17(27)9-5-15)21(23)22(32-25(31)29-13-30-32)14-2-6-16(26)7-3-14/h2-13,22,24H,1H3. The molecule has 2 aliphatic heterocycles. The molecule has 2 atom stereocenters. The number of anilines is 1. The van der Waals surface area contributed by atoms with Crippen molar-refractivity contribution in [2.45, 2.75) is 12.1 Å². The Morgan fingerprint density at radius 3 is 2.27 bits per heavy atom. The van der Waals surface area contributed by atoms with Gasteiger partial charge in [0.15, 0.2) is 0 Å². The zero-order valence-corrected chi connectivity index (χ0v) is 21.3. The molecule has 0 radical (unpaired) electrons. The van der Waals surface area contributed by atoms with Crippen molar-refractivity contribution in [3.63, 3.8) is 0 Å². The van der Waals surface area contributed by atoms with Gasteiger partial charge in [-0.2, -0.15) is 10.1 Å². The molecule has 0 aliphatic carbocycles. The Morgan fingerprint density at radius 2 is 1.58 bits per heavy atom. The summed E-state index contributed by atoms with van der Waals surface area (Å²) >= 11 is 13.5. The van der Waals surface area contributed by atoms with Crippen LogP contribution in [0.15, 0.2) is 87.6 Å². The van der Waals surface area contributed by atoms with Crippen LogP contribution in [0.3, 0.4) is 0 Å². The van der Waals surface area contributed by atoms with Gasteiger partial charge in [0.1, 0.15) is 24.2 Å². The highest BCUT2D eigenvalue weighted by molar-refractivity contribution is 9.10. The van der Waals surface area contributed by atoms with Gasteiger partial charge in [-0.25, -0.2) is 4.68 Å². The van der Waals surface area contributed by atoms with E-state index < -0.39 is 0 Å². The Kier molecular flexibility index (Phi) is 5.09. The van der Waals surface area contributed by atoms with Gasteiger partial charge in [0.05, 0.1) is 5.70 Å². The predicted molar refractivity (Wildman–Crippen MR) is 137 cm³/mol. The lowest BCUT2D eigenvalue weighted by molar-refractivity contribution is 0.222. The van der Waals surface area contributed by atoms with Gasteiger partial charge >= 0.3 is 0 Å². The smallest absolute Gasteiger partial charge is 0.229 e. The van der Waals surface area contributed by atoms with E-state index in [1.165, 1.54) is 0 Å². The van der Waals surface area contributed by atoms with Gasteiger partial charge in [-0.1, -0.05) is 67.7 Å². The second-order valence-electron chi connectivity index (χ2n) is 8.01. The van der Waals surface area contributed by atoms with Gasteiger partial charge in [-0.15, -0.1) is 0 Å². The van der Waals surface area contributed by atoms with Crippen LogP contribution in [-0.2, 0) is 0 Å². The van der Waals surface area contributed by atoms with E-state index in [-0.39, 0.29) is 12.1 Å². The summed E-state index contributed by atoms with van der Waals surface area (Å²) in [6.07, 6.45) is 1.29. The average Bonchev–Trinajstić information content (AvgIpc) is 3.30. The van der Waals surface area contributed by atoms with Gasteiger partial charge in [-0.05, 0) is 53.6 Å². The lowest BCUT2D eigenvalue weighted by atomic mass is 9.84. The van der Waals surface area contributed by atoms with E-state index in [1.54, 1.807) is 6.33 Å². The Morgan fingerprint density at radius 1 is 0.909 bits per heavy atom. The van der Waals surface area contributed by atoms with Crippen LogP contribution in [0.5, 0.6) is 5.75 Å². The molecule has 0 bridgehead atoms. The van der Waals surface area contributed by atoms with Crippen molar-refractivity contribution in [3.05, 3.63) is 109 Å². The number of aromatic nitrogens is 3. The summed E-state index contributed by atoms with van der Waals surface area (Å²) in [5.41, 5.74) is 5.24. The van der Waals surface area contributed by atoms with E-state index in [0.717, 1.165) is 48.6 Å². The van der Waals surface area contributed by atoms with Crippen LogP contribution >= 0.6 is 43.5 Å². The maximum absolute atomic E-state index is 6.67. The predicted octanol–water partition coefficient (Wildman–Crippen LogP) is 7.04. The molecule has 0 amide bonds. The Bertz CT molecular complexity index is 1400. The van der Waals surface area contributed by atoms with Crippen molar-refractivity contribution >= 4 is 55.1 Å². The molecule has 8 heteroatoms. The minimum Gasteiger partial charge on any atom is -0.480 e. The summed E-state index contributed by atoms with van der Waals surface area (Å²) in [6, 6.07) is 22.2. The summed E-state index contributed by atoms with van der Waals surface area (Å²) in [4.78, 5) is 6.67. The first-order chi connectivity index (χ1) is 16.0. The van der Waals surface area contributed by atoms with E-state index in [4.69, 9.17) is 16.3 Å². The van der Waals surface area contributed by atoms with Crippen LogP contribution in [0.4, 0.5) is 5.95 Å². The number of hydrogen-bond donors (Lipinski definition) is 0. The third-order valence-electron chi connectivity index (χ3n) is 6.08. The Labute approximate surface area is 212 Å². The summed E-state index contributed by atoms with van der Waals surface area (Å²) in [6.45, 7) is 0. The first-order valence-electron chi connectivity index (χ1n) is 10.4. The quantitative estimate of drug-likeness (QED) is 0.254. The number of benzene rings is 3. The zero-order chi connectivity index (χ0) is 22.7.